The molecule has 3 rings (SSSR count). The van der Waals surface area contributed by atoms with Gasteiger partial charge in [0.15, 0.2) is 0 Å². The van der Waals surface area contributed by atoms with Crippen molar-refractivity contribution in [2.75, 3.05) is 6.54 Å². The smallest absolute Gasteiger partial charge is 0.338 e. The van der Waals surface area contributed by atoms with Crippen LogP contribution in [0.15, 0.2) is 27.8 Å². The molecule has 0 spiro atoms. The van der Waals surface area contributed by atoms with Crippen LogP contribution in [0, 0.1) is 0 Å². The van der Waals surface area contributed by atoms with Crippen LogP contribution in [-0.2, 0) is 30.5 Å². The number of carbonyl (C=O) groups excluding carboxylic acids is 1. The molecule has 1 aromatic carbocycles. The number of fused-ring (bicyclic) bond motifs is 1. The van der Waals surface area contributed by atoms with E-state index in [4.69, 9.17) is 0 Å². The molecule has 0 saturated carbocycles. The molecule has 0 unspecified atom stereocenters. The molecule has 10 heteroatoms. The van der Waals surface area contributed by atoms with Crippen LogP contribution >= 0.6 is 0 Å². The average molecular weight is 370 g/mol. The van der Waals surface area contributed by atoms with Crippen LogP contribution in [0.2, 0.25) is 0 Å². The fourth-order valence-electron chi connectivity index (χ4n) is 3.03. The standard InChI is InChI=1S/C16H17F3N4O3/c17-16(18,19)12-4-3-10-5-7-22(9-11(10)8-12)13(24)2-1-6-23-14(25)20-21-15(23)26/h3-4,8H,1-2,5-7,9H2,(H,20,25)(H,21,26). The minimum atomic E-state index is -4.42. The first kappa shape index (κ1) is 18.0. The van der Waals surface area contributed by atoms with Crippen LogP contribution in [0.25, 0.3) is 0 Å². The highest BCUT2D eigenvalue weighted by atomic mass is 19.4. The van der Waals surface area contributed by atoms with Crippen molar-refractivity contribution in [1.29, 1.82) is 0 Å². The maximum atomic E-state index is 12.8. The lowest BCUT2D eigenvalue weighted by atomic mass is 9.97. The van der Waals surface area contributed by atoms with E-state index in [2.05, 4.69) is 10.2 Å². The SMILES string of the molecule is O=C(CCCn1c(=O)[nH][nH]c1=O)N1CCc2ccc(C(F)(F)F)cc2C1. The van der Waals surface area contributed by atoms with Gasteiger partial charge in [0.2, 0.25) is 5.91 Å². The van der Waals surface area contributed by atoms with Gasteiger partial charge >= 0.3 is 17.6 Å². The van der Waals surface area contributed by atoms with Gasteiger partial charge < -0.3 is 4.90 Å². The van der Waals surface area contributed by atoms with Crippen LogP contribution in [-0.4, -0.2) is 32.1 Å². The van der Waals surface area contributed by atoms with Gasteiger partial charge in [-0.05, 0) is 36.1 Å². The zero-order valence-corrected chi connectivity index (χ0v) is 13.7. The summed E-state index contributed by atoms with van der Waals surface area (Å²) in [4.78, 5) is 36.5. The Kier molecular flexibility index (Phi) is 4.75. The van der Waals surface area contributed by atoms with Crippen LogP contribution in [0.5, 0.6) is 0 Å². The first-order valence-electron chi connectivity index (χ1n) is 8.10. The molecule has 0 aliphatic carbocycles. The number of halogens is 3. The minimum Gasteiger partial charge on any atom is -0.338 e. The van der Waals surface area contributed by atoms with Crippen LogP contribution in [0.4, 0.5) is 13.2 Å². The first-order chi connectivity index (χ1) is 12.3. The monoisotopic (exact) mass is 370 g/mol. The molecule has 1 aliphatic rings. The zero-order valence-electron chi connectivity index (χ0n) is 13.7. The molecule has 0 fully saturated rings. The molecule has 0 bridgehead atoms. The number of aromatic amines is 2. The van der Waals surface area contributed by atoms with Gasteiger partial charge in [0.05, 0.1) is 5.56 Å². The number of hydrogen-bond acceptors (Lipinski definition) is 3. The van der Waals surface area contributed by atoms with Gasteiger partial charge in [-0.15, -0.1) is 0 Å². The highest BCUT2D eigenvalue weighted by Crippen LogP contribution is 2.32. The maximum absolute atomic E-state index is 12.8. The number of rotatable bonds is 4. The van der Waals surface area contributed by atoms with Crippen molar-refractivity contribution in [3.8, 4) is 0 Å². The molecule has 1 aromatic heterocycles. The summed E-state index contributed by atoms with van der Waals surface area (Å²) in [5, 5.41) is 4.30. The van der Waals surface area contributed by atoms with E-state index in [1.165, 1.54) is 11.0 Å². The van der Waals surface area contributed by atoms with E-state index in [0.717, 1.165) is 22.3 Å². The summed E-state index contributed by atoms with van der Waals surface area (Å²) < 4.78 is 39.5. The van der Waals surface area contributed by atoms with E-state index in [1.54, 1.807) is 0 Å². The van der Waals surface area contributed by atoms with Crippen LogP contribution < -0.4 is 11.4 Å². The first-order valence-corrected chi connectivity index (χ1v) is 8.10. The van der Waals surface area contributed by atoms with E-state index in [0.29, 0.717) is 18.5 Å². The third-order valence-electron chi connectivity index (χ3n) is 4.44. The summed E-state index contributed by atoms with van der Waals surface area (Å²) in [6.07, 6.45) is -3.54. The molecular weight excluding hydrogens is 353 g/mol. The van der Waals surface area contributed by atoms with Gasteiger partial charge in [0.25, 0.3) is 0 Å². The van der Waals surface area contributed by atoms with Crippen molar-refractivity contribution in [3.63, 3.8) is 0 Å². The number of amides is 1. The van der Waals surface area contributed by atoms with Gasteiger partial charge in [-0.2, -0.15) is 13.2 Å². The molecule has 1 amide bonds. The molecule has 7 nitrogen and oxygen atoms in total. The Bertz CT molecular complexity index is 898. The normalized spacial score (nSPS) is 14.3. The lowest BCUT2D eigenvalue weighted by molar-refractivity contribution is -0.137. The number of aromatic nitrogens is 3. The Labute approximate surface area is 145 Å². The molecule has 140 valence electrons. The molecule has 1 aliphatic heterocycles. The van der Waals surface area contributed by atoms with Crippen molar-refractivity contribution in [2.24, 2.45) is 0 Å². The van der Waals surface area contributed by atoms with Gasteiger partial charge in [-0.3, -0.25) is 4.79 Å². The maximum Gasteiger partial charge on any atom is 0.416 e. The van der Waals surface area contributed by atoms with Crippen molar-refractivity contribution >= 4 is 5.91 Å². The predicted octanol–water partition coefficient (Wildman–Crippen LogP) is 1.25. The fraction of sp³-hybridized carbons (Fsp3) is 0.438. The molecule has 2 heterocycles. The number of nitrogens with zero attached hydrogens (tertiary/aromatic N) is 2. The van der Waals surface area contributed by atoms with E-state index in [-0.39, 0.29) is 31.8 Å². The molecule has 2 aromatic rings. The number of benzene rings is 1. The third kappa shape index (κ3) is 3.73. The van der Waals surface area contributed by atoms with Gasteiger partial charge in [-0.25, -0.2) is 24.4 Å². The number of carbonyl (C=O) groups is 1. The van der Waals surface area contributed by atoms with E-state index < -0.39 is 23.1 Å². The van der Waals surface area contributed by atoms with Crippen LogP contribution in [0.1, 0.15) is 29.5 Å². The highest BCUT2D eigenvalue weighted by Gasteiger charge is 2.32. The summed E-state index contributed by atoms with van der Waals surface area (Å²) in [5.74, 6) is -0.215. The van der Waals surface area contributed by atoms with Crippen LogP contribution in [0.3, 0.4) is 0 Å². The second-order valence-electron chi connectivity index (χ2n) is 6.16. The number of nitrogens with one attached hydrogen (secondary N) is 2. The van der Waals surface area contributed by atoms with Crippen molar-refractivity contribution in [2.45, 2.75) is 38.5 Å². The molecule has 0 saturated heterocycles. The van der Waals surface area contributed by atoms with Crippen molar-refractivity contribution < 1.29 is 18.0 Å². The Morgan fingerprint density at radius 2 is 1.81 bits per heavy atom. The summed E-state index contributed by atoms with van der Waals surface area (Å²) in [6, 6.07) is 3.61. The van der Waals surface area contributed by atoms with Crippen molar-refractivity contribution in [1.82, 2.24) is 19.7 Å². The number of H-pyrrole nitrogens is 2. The van der Waals surface area contributed by atoms with Gasteiger partial charge in [-0.1, -0.05) is 6.07 Å². The minimum absolute atomic E-state index is 0.0893. The van der Waals surface area contributed by atoms with E-state index in [1.807, 2.05) is 0 Å². The van der Waals surface area contributed by atoms with Gasteiger partial charge in [0, 0.05) is 26.1 Å². The summed E-state index contributed by atoms with van der Waals surface area (Å²) >= 11 is 0. The van der Waals surface area contributed by atoms with E-state index in [9.17, 15) is 27.6 Å². The Morgan fingerprint density at radius 3 is 2.46 bits per heavy atom. The summed E-state index contributed by atoms with van der Waals surface area (Å²) in [6.45, 7) is 0.650. The topological polar surface area (TPSA) is 91.0 Å². The average Bonchev–Trinajstić information content (AvgIpc) is 2.91. The lowest BCUT2D eigenvalue weighted by Crippen LogP contribution is -2.36. The largest absolute Gasteiger partial charge is 0.416 e. The van der Waals surface area contributed by atoms with Gasteiger partial charge in [0.1, 0.15) is 0 Å². The zero-order chi connectivity index (χ0) is 18.9. The molecular formula is C16H17F3N4O3. The Hall–Kier alpha value is -2.78. The molecule has 0 atom stereocenters. The summed E-state index contributed by atoms with van der Waals surface area (Å²) in [5.41, 5.74) is -0.565. The molecule has 0 radical (unpaired) electrons. The second-order valence-corrected chi connectivity index (χ2v) is 6.16. The third-order valence-corrected chi connectivity index (χ3v) is 4.44. The molecule has 26 heavy (non-hydrogen) atoms. The second kappa shape index (κ2) is 6.85. The summed E-state index contributed by atoms with van der Waals surface area (Å²) in [7, 11) is 0. The fourth-order valence-corrected chi connectivity index (χ4v) is 3.03. The highest BCUT2D eigenvalue weighted by molar-refractivity contribution is 5.76. The Morgan fingerprint density at radius 1 is 1.12 bits per heavy atom. The molecule has 2 N–H and O–H groups in total. The van der Waals surface area contributed by atoms with E-state index >= 15 is 0 Å². The lowest BCUT2D eigenvalue weighted by Gasteiger charge is -2.29. The number of hydrogen-bond donors (Lipinski definition) is 2. The van der Waals surface area contributed by atoms with Crippen molar-refractivity contribution in [3.05, 3.63) is 55.9 Å². The Balaban J connectivity index is 1.62. The quantitative estimate of drug-likeness (QED) is 0.849. The number of alkyl halides is 3. The predicted molar refractivity (Wildman–Crippen MR) is 85.5 cm³/mol.